The van der Waals surface area contributed by atoms with Crippen molar-refractivity contribution in [1.29, 1.82) is 0 Å². The third-order valence-corrected chi connectivity index (χ3v) is 1.41. The second-order valence-electron chi connectivity index (χ2n) is 3.97. The average Bonchev–Trinajstić information content (AvgIpc) is 1.82. The Morgan fingerprint density at radius 2 is 1.82 bits per heavy atom. The lowest BCUT2D eigenvalue weighted by Gasteiger charge is -2.13. The molecule has 0 aliphatic heterocycles. The molecule has 0 aromatic carbocycles. The highest BCUT2D eigenvalue weighted by Crippen LogP contribution is 2.17. The minimum Gasteiger partial charge on any atom is -0.295 e. The van der Waals surface area contributed by atoms with Gasteiger partial charge in [-0.1, -0.05) is 33.8 Å². The molecule has 0 radical (unpaired) electrons. The van der Waals surface area contributed by atoms with E-state index in [9.17, 15) is 4.79 Å². The number of allylic oxidation sites excluding steroid dienone is 2. The normalized spacial score (nSPS) is 13.4. The Bertz CT molecular complexity index is 170. The number of rotatable bonds is 2. The lowest BCUT2D eigenvalue weighted by molar-refractivity contribution is -0.115. The van der Waals surface area contributed by atoms with Crippen LogP contribution in [0.25, 0.3) is 0 Å². The van der Waals surface area contributed by atoms with Crippen LogP contribution in [0.5, 0.6) is 0 Å². The van der Waals surface area contributed by atoms with Gasteiger partial charge in [0.05, 0.1) is 0 Å². The maximum Gasteiger partial charge on any atom is 0.158 e. The number of hydrogen-bond donors (Lipinski definition) is 0. The van der Waals surface area contributed by atoms with Crippen molar-refractivity contribution in [2.24, 2.45) is 5.41 Å². The highest BCUT2D eigenvalue weighted by atomic mass is 16.1. The molecule has 0 saturated carbocycles. The lowest BCUT2D eigenvalue weighted by atomic mass is 9.92. The van der Waals surface area contributed by atoms with Gasteiger partial charge < -0.3 is 0 Å². The minimum absolute atomic E-state index is 0.120. The second kappa shape index (κ2) is 3.70. The maximum absolute atomic E-state index is 11.1. The van der Waals surface area contributed by atoms with Gasteiger partial charge in [-0.3, -0.25) is 4.79 Å². The Balaban J connectivity index is 4.34. The van der Waals surface area contributed by atoms with Crippen LogP contribution >= 0.6 is 0 Å². The second-order valence-corrected chi connectivity index (χ2v) is 3.97. The zero-order valence-corrected chi connectivity index (χ0v) is 8.19. The van der Waals surface area contributed by atoms with Crippen LogP contribution in [0.3, 0.4) is 0 Å². The Kier molecular flexibility index (Phi) is 3.50. The molecule has 1 heteroatoms. The van der Waals surface area contributed by atoms with Crippen LogP contribution in [0, 0.1) is 5.41 Å². The third-order valence-electron chi connectivity index (χ3n) is 1.41. The number of carbonyl (C=O) groups is 1. The van der Waals surface area contributed by atoms with E-state index in [2.05, 4.69) is 20.8 Å². The first-order valence-electron chi connectivity index (χ1n) is 4.09. The summed E-state index contributed by atoms with van der Waals surface area (Å²) in [5.41, 5.74) is 1.01. The summed E-state index contributed by atoms with van der Waals surface area (Å²) in [5.74, 6) is 0.250. The van der Waals surface area contributed by atoms with Crippen molar-refractivity contribution in [3.05, 3.63) is 11.6 Å². The van der Waals surface area contributed by atoms with Gasteiger partial charge in [-0.15, -0.1) is 0 Å². The van der Waals surface area contributed by atoms with Crippen LogP contribution in [0.2, 0.25) is 0 Å². The van der Waals surface area contributed by atoms with E-state index >= 15 is 0 Å². The summed E-state index contributed by atoms with van der Waals surface area (Å²) < 4.78 is 0. The summed E-state index contributed by atoms with van der Waals surface area (Å²) in [5, 5.41) is 0. The van der Waals surface area contributed by atoms with Crippen LogP contribution < -0.4 is 0 Å². The summed E-state index contributed by atoms with van der Waals surface area (Å²) in [7, 11) is 0. The van der Waals surface area contributed by atoms with Crippen molar-refractivity contribution in [1.82, 2.24) is 0 Å². The zero-order valence-electron chi connectivity index (χ0n) is 8.19. The maximum atomic E-state index is 11.1. The van der Waals surface area contributed by atoms with E-state index in [1.54, 1.807) is 0 Å². The first-order valence-corrected chi connectivity index (χ1v) is 4.09. The van der Waals surface area contributed by atoms with Gasteiger partial charge in [-0.05, 0) is 17.9 Å². The van der Waals surface area contributed by atoms with E-state index in [0.717, 1.165) is 5.57 Å². The van der Waals surface area contributed by atoms with Crippen LogP contribution in [-0.4, -0.2) is 5.78 Å². The summed E-state index contributed by atoms with van der Waals surface area (Å²) in [6.45, 7) is 10.1. The molecule has 0 aromatic heterocycles. The number of hydrogen-bond acceptors (Lipinski definition) is 1. The number of ketones is 1. The first kappa shape index (κ1) is 10.4. The molecule has 0 N–H and O–H groups in total. The SMILES string of the molecule is CCC(=O)/C(C)=C/C(C)(C)C. The molecule has 0 amide bonds. The van der Waals surface area contributed by atoms with Crippen molar-refractivity contribution >= 4 is 5.78 Å². The molecule has 0 spiro atoms. The molecule has 1 nitrogen and oxygen atoms in total. The summed E-state index contributed by atoms with van der Waals surface area (Å²) >= 11 is 0. The molecule has 0 bridgehead atoms. The van der Waals surface area contributed by atoms with Gasteiger partial charge in [0.25, 0.3) is 0 Å². The monoisotopic (exact) mass is 154 g/mol. The predicted molar refractivity (Wildman–Crippen MR) is 48.5 cm³/mol. The summed E-state index contributed by atoms with van der Waals surface area (Å²) in [4.78, 5) is 11.1. The summed E-state index contributed by atoms with van der Waals surface area (Å²) in [6, 6.07) is 0. The highest BCUT2D eigenvalue weighted by molar-refractivity contribution is 5.94. The fraction of sp³-hybridized carbons (Fsp3) is 0.700. The van der Waals surface area contributed by atoms with Gasteiger partial charge in [-0.2, -0.15) is 0 Å². The molecule has 64 valence electrons. The molecular formula is C10H18O. The van der Waals surface area contributed by atoms with Crippen LogP contribution in [0.1, 0.15) is 41.0 Å². The van der Waals surface area contributed by atoms with Crippen molar-refractivity contribution in [3.8, 4) is 0 Å². The molecule has 0 aliphatic carbocycles. The van der Waals surface area contributed by atoms with Gasteiger partial charge in [0, 0.05) is 6.42 Å². The van der Waals surface area contributed by atoms with E-state index in [4.69, 9.17) is 0 Å². The van der Waals surface area contributed by atoms with Gasteiger partial charge in [-0.25, -0.2) is 0 Å². The third kappa shape index (κ3) is 4.77. The van der Waals surface area contributed by atoms with E-state index in [1.165, 1.54) is 0 Å². The van der Waals surface area contributed by atoms with Crippen molar-refractivity contribution in [2.75, 3.05) is 0 Å². The van der Waals surface area contributed by atoms with E-state index in [1.807, 2.05) is 19.9 Å². The first-order chi connectivity index (χ1) is 4.87. The van der Waals surface area contributed by atoms with Crippen LogP contribution in [0.15, 0.2) is 11.6 Å². The Labute approximate surface area is 69.5 Å². The standard InChI is InChI=1S/C10H18O/c1-6-9(11)8(2)7-10(3,4)5/h7H,6H2,1-5H3/b8-7+. The Morgan fingerprint density at radius 3 is 2.09 bits per heavy atom. The van der Waals surface area contributed by atoms with Gasteiger partial charge >= 0.3 is 0 Å². The van der Waals surface area contributed by atoms with E-state index in [0.29, 0.717) is 6.42 Å². The van der Waals surface area contributed by atoms with Crippen LogP contribution in [0.4, 0.5) is 0 Å². The topological polar surface area (TPSA) is 17.1 Å². The minimum atomic E-state index is 0.120. The highest BCUT2D eigenvalue weighted by Gasteiger charge is 2.09. The smallest absolute Gasteiger partial charge is 0.158 e. The number of Topliss-reactive ketones (excluding diaryl/α,β-unsaturated/α-hetero) is 1. The van der Waals surface area contributed by atoms with Gasteiger partial charge in [0.15, 0.2) is 5.78 Å². The lowest BCUT2D eigenvalue weighted by Crippen LogP contribution is -2.05. The van der Waals surface area contributed by atoms with Crippen molar-refractivity contribution < 1.29 is 4.79 Å². The van der Waals surface area contributed by atoms with Crippen molar-refractivity contribution in [2.45, 2.75) is 41.0 Å². The van der Waals surface area contributed by atoms with E-state index in [-0.39, 0.29) is 11.2 Å². The molecule has 0 heterocycles. The fourth-order valence-electron chi connectivity index (χ4n) is 1.01. The number of carbonyl (C=O) groups excluding carboxylic acids is 1. The molecule has 0 rings (SSSR count). The predicted octanol–water partition coefficient (Wildman–Crippen LogP) is 2.96. The van der Waals surface area contributed by atoms with Crippen molar-refractivity contribution in [3.63, 3.8) is 0 Å². The van der Waals surface area contributed by atoms with Gasteiger partial charge in [0.1, 0.15) is 0 Å². The quantitative estimate of drug-likeness (QED) is 0.559. The molecular weight excluding hydrogens is 136 g/mol. The molecule has 11 heavy (non-hydrogen) atoms. The van der Waals surface area contributed by atoms with Crippen LogP contribution in [-0.2, 0) is 4.79 Å². The largest absolute Gasteiger partial charge is 0.295 e. The van der Waals surface area contributed by atoms with Gasteiger partial charge in [0.2, 0.25) is 0 Å². The molecule has 0 atom stereocenters. The molecule has 0 saturated heterocycles. The molecule has 0 aliphatic rings. The fourth-order valence-corrected chi connectivity index (χ4v) is 1.01. The molecule has 0 unspecified atom stereocenters. The van der Waals surface area contributed by atoms with E-state index < -0.39 is 0 Å². The molecule has 0 aromatic rings. The summed E-state index contributed by atoms with van der Waals surface area (Å²) in [6.07, 6.45) is 2.64. The Hall–Kier alpha value is -0.590. The zero-order chi connectivity index (χ0) is 9.07. The molecule has 0 fully saturated rings. The average molecular weight is 154 g/mol. The Morgan fingerprint density at radius 1 is 1.36 bits per heavy atom.